The zero-order valence-electron chi connectivity index (χ0n) is 50.7. The van der Waals surface area contributed by atoms with Gasteiger partial charge in [0.1, 0.15) is 51.9 Å². The van der Waals surface area contributed by atoms with Crippen LogP contribution in [-0.4, -0.2) is 128 Å². The molecule has 6 N–H and O–H groups in total. The number of esters is 2. The molecule has 85 heavy (non-hydrogen) atoms. The highest BCUT2D eigenvalue weighted by Crippen LogP contribution is 2.50. The number of hydrogen-bond donors (Lipinski definition) is 5. The van der Waals surface area contributed by atoms with Crippen molar-refractivity contribution in [3.8, 4) is 5.75 Å². The van der Waals surface area contributed by atoms with E-state index in [-0.39, 0.29) is 96.1 Å². The number of hydrogen-bond acceptors (Lipinski definition) is 15. The maximum Gasteiger partial charge on any atom is 0.412 e. The van der Waals surface area contributed by atoms with Gasteiger partial charge in [0.25, 0.3) is 0 Å². The van der Waals surface area contributed by atoms with Crippen LogP contribution in [0.4, 0.5) is 25.4 Å². The second-order valence-electron chi connectivity index (χ2n) is 23.3. The molecule has 2 fully saturated rings. The average molecular weight is 1230 g/mol. The number of primary amides is 1. The summed E-state index contributed by atoms with van der Waals surface area (Å²) in [5, 5.41) is 19.6. The van der Waals surface area contributed by atoms with Crippen LogP contribution in [0.15, 0.2) is 48.1 Å². The van der Waals surface area contributed by atoms with Gasteiger partial charge in [0.05, 0.1) is 60.5 Å². The third kappa shape index (κ3) is 19.2. The number of Topliss-reactive ketones (excluding diaryl/α,β-unsaturated/α-hetero) is 2. The zero-order valence-corrected chi connectivity index (χ0v) is 52.3. The summed E-state index contributed by atoms with van der Waals surface area (Å²) in [5.41, 5.74) is 3.64. The van der Waals surface area contributed by atoms with Gasteiger partial charge in [-0.2, -0.15) is 0 Å². The second-order valence-corrected chi connectivity index (χ2v) is 24.1. The van der Waals surface area contributed by atoms with Crippen molar-refractivity contribution in [1.29, 1.82) is 0 Å². The van der Waals surface area contributed by atoms with E-state index in [2.05, 4.69) is 16.0 Å². The lowest BCUT2D eigenvalue weighted by atomic mass is 9.78. The summed E-state index contributed by atoms with van der Waals surface area (Å²) in [4.78, 5) is 108. The topological polar surface area (TPSA) is 281 Å². The van der Waals surface area contributed by atoms with E-state index in [4.69, 9.17) is 57.4 Å². The first-order valence-electron chi connectivity index (χ1n) is 29.2. The van der Waals surface area contributed by atoms with E-state index >= 15 is 4.39 Å². The monoisotopic (exact) mass is 1230 g/mol. The van der Waals surface area contributed by atoms with Crippen molar-refractivity contribution in [2.45, 2.75) is 193 Å². The number of rotatable bonds is 25. The molecule has 4 bridgehead atoms. The van der Waals surface area contributed by atoms with Gasteiger partial charge >= 0.3 is 24.1 Å². The number of epoxide rings is 1. The van der Waals surface area contributed by atoms with Gasteiger partial charge < -0.3 is 54.8 Å². The highest BCUT2D eigenvalue weighted by atomic mass is 35.5. The van der Waals surface area contributed by atoms with Crippen molar-refractivity contribution in [2.24, 2.45) is 29.4 Å². The summed E-state index contributed by atoms with van der Waals surface area (Å²) in [5.74, 6) is -5.37. The minimum Gasteiger partial charge on any atom is -0.495 e. The maximum atomic E-state index is 16.2. The number of amides is 5. The first-order valence-corrected chi connectivity index (χ1v) is 30.0. The number of benzene rings is 2. The minimum absolute atomic E-state index is 0.0109. The lowest BCUT2D eigenvalue weighted by Crippen LogP contribution is -2.53. The van der Waals surface area contributed by atoms with Crippen LogP contribution in [0.2, 0.25) is 10.0 Å². The lowest BCUT2D eigenvalue weighted by Gasteiger charge is -2.41. The maximum absolute atomic E-state index is 16.2. The van der Waals surface area contributed by atoms with Crippen molar-refractivity contribution in [3.63, 3.8) is 0 Å². The number of anilines is 2. The number of fused-ring (bicyclic) bond motifs is 5. The van der Waals surface area contributed by atoms with Gasteiger partial charge in [0.15, 0.2) is 5.78 Å². The molecule has 3 aliphatic heterocycles. The Labute approximate surface area is 508 Å². The van der Waals surface area contributed by atoms with Crippen molar-refractivity contribution in [1.82, 2.24) is 10.6 Å². The van der Waals surface area contributed by atoms with Crippen LogP contribution in [-0.2, 0) is 65.3 Å². The minimum atomic E-state index is -1.68. The molecule has 3 aliphatic rings. The second kappa shape index (κ2) is 31.5. The highest BCUT2D eigenvalue weighted by molar-refractivity contribution is 6.35. The first-order chi connectivity index (χ1) is 40.1. The Hall–Kier alpha value is -6.13. The molecule has 0 aromatic heterocycles. The molecule has 20 nitrogen and oxygen atoms in total. The summed E-state index contributed by atoms with van der Waals surface area (Å²) in [6.07, 6.45) is 2.12. The quantitative estimate of drug-likeness (QED) is 0.0268. The van der Waals surface area contributed by atoms with E-state index < -0.39 is 108 Å². The van der Waals surface area contributed by atoms with Crippen LogP contribution < -0.4 is 31.3 Å². The molecule has 0 aliphatic carbocycles. The summed E-state index contributed by atoms with van der Waals surface area (Å²) < 4.78 is 51.3. The van der Waals surface area contributed by atoms with Gasteiger partial charge in [-0.1, -0.05) is 81.6 Å². The number of carbonyl (C=O) groups excluding carboxylic acids is 8. The molecule has 1 unspecified atom stereocenters. The number of allylic oxidation sites excluding steroid dienone is 3. The Kier molecular flexibility index (Phi) is 25.8. The summed E-state index contributed by atoms with van der Waals surface area (Å²) in [6.45, 7) is 14.6. The standard InChI is InChI=1S/C62H86Cl2FN5O15/c1-12-39(13-2)58(76)82-36(6)19-14-15-20-41(71)29-42(34(3)4)57(75)68-45(21-17-23-67-59(66)77)48(72)28-40-27-43(63)46(30-44(40)65)69-60(78)84-52-31-53(73)70(9)47-25-38(26-49(80-10)55(47)64)24-35(5)18-16-22-51(81-11)62(79)32-50(83-54(74)33-62)37(7)56-61(52,8)85-56/h16,18,22,25-27,30,34,36-37,39,42,45,50-52,56,79H,12-15,17,19-21,23-24,28-29,31-33H2,1-11H3,(H,68,75)(H,69,78)(H3,66,67,77)/b22-16+,35-18+/t36?,37-,42+,45+,50+,51-,52+,56+,61+,62-/m1/s1. The Morgan fingerprint density at radius 3 is 2.35 bits per heavy atom. The summed E-state index contributed by atoms with van der Waals surface area (Å²) in [7, 11) is 4.37. The molecule has 470 valence electrons. The number of nitrogens with one attached hydrogen (secondary N) is 3. The highest BCUT2D eigenvalue weighted by Gasteiger charge is 2.64. The van der Waals surface area contributed by atoms with Gasteiger partial charge in [0.2, 0.25) is 11.8 Å². The largest absolute Gasteiger partial charge is 0.495 e. The average Bonchev–Trinajstić information content (AvgIpc) is 1.64. The molecule has 2 aromatic carbocycles. The molecular formula is C62H86Cl2FN5O15. The van der Waals surface area contributed by atoms with Crippen molar-refractivity contribution >= 4 is 82.0 Å². The van der Waals surface area contributed by atoms with Crippen LogP contribution in [0, 0.1) is 29.5 Å². The van der Waals surface area contributed by atoms with Gasteiger partial charge in [-0.05, 0) is 113 Å². The number of methoxy groups -OCH3 is 2. The van der Waals surface area contributed by atoms with E-state index in [1.165, 1.54) is 26.2 Å². The van der Waals surface area contributed by atoms with Crippen LogP contribution in [0.1, 0.15) is 144 Å². The first kappa shape index (κ1) is 69.6. The smallest absolute Gasteiger partial charge is 0.412 e. The lowest BCUT2D eigenvalue weighted by molar-refractivity contribution is -0.187. The fourth-order valence-corrected chi connectivity index (χ4v) is 11.6. The SMILES string of the molecule is CCC(CC)C(=O)OC(C)CCCCC(=O)C[C@H](C(=O)N[C@@H](CCCNC(N)=O)C(=O)Cc1cc(Cl)c(NC(=O)O[C@H]2CC(=O)N(C)c3cc(cc(OC)c3Cl)C/C(C)=C/C=C/[C@@H](OC)[C@]3(O)CC(=O)O[C@@H](C3)[C@@H](C)[C@@H]3O[C@@]23C)cc1F)C(C)C. The molecule has 2 aromatic rings. The fraction of sp³-hybridized carbons (Fsp3) is 0.613. The van der Waals surface area contributed by atoms with E-state index in [1.807, 2.05) is 33.8 Å². The molecule has 3 heterocycles. The van der Waals surface area contributed by atoms with Crippen molar-refractivity contribution in [3.05, 3.63) is 75.1 Å². The van der Waals surface area contributed by atoms with Crippen LogP contribution >= 0.6 is 23.2 Å². The number of carbonyl (C=O) groups is 8. The molecule has 0 radical (unpaired) electrons. The Balaban J connectivity index is 1.34. The van der Waals surface area contributed by atoms with Crippen LogP contribution in [0.25, 0.3) is 0 Å². The zero-order chi connectivity index (χ0) is 63.1. The Morgan fingerprint density at radius 1 is 1.00 bits per heavy atom. The predicted octanol–water partition coefficient (Wildman–Crippen LogP) is 9.62. The van der Waals surface area contributed by atoms with Gasteiger partial charge in [0, 0.05) is 58.2 Å². The number of aliphatic hydroxyl groups is 1. The number of halogens is 3. The summed E-state index contributed by atoms with van der Waals surface area (Å²) in [6, 6.07) is 3.53. The molecule has 0 saturated carbocycles. The third-order valence-electron chi connectivity index (χ3n) is 16.4. The molecule has 10 atom stereocenters. The van der Waals surface area contributed by atoms with Gasteiger partial charge in [-0.25, -0.2) is 14.0 Å². The van der Waals surface area contributed by atoms with Gasteiger partial charge in [-0.3, -0.25) is 34.1 Å². The van der Waals surface area contributed by atoms with E-state index in [0.717, 1.165) is 23.3 Å². The van der Waals surface area contributed by atoms with Crippen LogP contribution in [0.3, 0.4) is 0 Å². The number of ether oxygens (including phenoxy) is 6. The van der Waals surface area contributed by atoms with Crippen LogP contribution in [0.5, 0.6) is 5.75 Å². The summed E-state index contributed by atoms with van der Waals surface area (Å²) >= 11 is 13.5. The number of urea groups is 1. The molecule has 5 rings (SSSR count). The normalized spacial score (nSPS) is 24.6. The molecule has 23 heteroatoms. The van der Waals surface area contributed by atoms with E-state index in [9.17, 15) is 43.5 Å². The molecule has 0 spiro atoms. The van der Waals surface area contributed by atoms with Crippen molar-refractivity contribution in [2.75, 3.05) is 38.0 Å². The fourth-order valence-electron chi connectivity index (χ4n) is 11.1. The predicted molar refractivity (Wildman–Crippen MR) is 319 cm³/mol. The van der Waals surface area contributed by atoms with Gasteiger partial charge in [-0.15, -0.1) is 0 Å². The molecule has 5 amide bonds. The van der Waals surface area contributed by atoms with E-state index in [0.29, 0.717) is 50.0 Å². The number of nitrogens with zero attached hydrogens (tertiary/aromatic N) is 1. The Morgan fingerprint density at radius 2 is 1.71 bits per heavy atom. The Bertz CT molecular complexity index is 2810. The third-order valence-corrected chi connectivity index (χ3v) is 17.1. The number of nitrogens with two attached hydrogens (primary N) is 1. The van der Waals surface area contributed by atoms with E-state index in [1.54, 1.807) is 52.0 Å². The number of unbranched alkanes of at least 4 members (excludes halogenated alkanes) is 1. The molecular weight excluding hydrogens is 1140 g/mol. The number of ketones is 2. The van der Waals surface area contributed by atoms with Crippen molar-refractivity contribution < 1.29 is 76.3 Å². The molecule has 2 saturated heterocycles.